The summed E-state index contributed by atoms with van der Waals surface area (Å²) in [4.78, 5) is 18.4. The number of likely N-dealkylation sites (tertiary alicyclic amines) is 1. The maximum absolute atomic E-state index is 12.5. The van der Waals surface area contributed by atoms with E-state index >= 15 is 0 Å². The first-order valence-corrected chi connectivity index (χ1v) is 6.85. The maximum atomic E-state index is 12.5. The third-order valence-corrected chi connectivity index (χ3v) is 3.97. The van der Waals surface area contributed by atoms with Gasteiger partial charge in [-0.25, -0.2) is 9.67 Å². The van der Waals surface area contributed by atoms with Crippen molar-refractivity contribution in [2.24, 2.45) is 0 Å². The van der Waals surface area contributed by atoms with Gasteiger partial charge in [0.2, 0.25) is 0 Å². The van der Waals surface area contributed by atoms with E-state index in [4.69, 9.17) is 4.42 Å². The van der Waals surface area contributed by atoms with Crippen molar-refractivity contribution in [1.82, 2.24) is 19.7 Å². The Bertz CT molecular complexity index is 603. The molecule has 0 saturated carbocycles. The number of furan rings is 1. The number of nitrogens with zero attached hydrogens (tertiary/aromatic N) is 4. The van der Waals surface area contributed by atoms with Gasteiger partial charge in [-0.3, -0.25) is 4.79 Å². The molecule has 2 aromatic heterocycles. The number of aromatic nitrogens is 3. The average molecular weight is 274 g/mol. The first-order chi connectivity index (χ1) is 9.66. The lowest BCUT2D eigenvalue weighted by Gasteiger charge is -2.32. The van der Waals surface area contributed by atoms with Crippen LogP contribution in [-0.4, -0.2) is 38.7 Å². The number of aryl methyl sites for hydroxylation is 1. The molecule has 1 aliphatic heterocycles. The van der Waals surface area contributed by atoms with E-state index in [1.165, 1.54) is 6.33 Å². The van der Waals surface area contributed by atoms with Gasteiger partial charge in [0.25, 0.3) is 5.91 Å². The van der Waals surface area contributed by atoms with Gasteiger partial charge >= 0.3 is 0 Å². The molecular weight excluding hydrogens is 256 g/mol. The minimum absolute atomic E-state index is 0.0274. The van der Waals surface area contributed by atoms with Gasteiger partial charge in [-0.1, -0.05) is 0 Å². The largest absolute Gasteiger partial charge is 0.459 e. The highest BCUT2D eigenvalue weighted by Crippen LogP contribution is 2.24. The fraction of sp³-hybridized carbons (Fsp3) is 0.500. The SMILES string of the molecule is Cc1coc(C(=O)N2CCCC(n3cncn3)C2)c1C. The van der Waals surface area contributed by atoms with Crippen LogP contribution >= 0.6 is 0 Å². The summed E-state index contributed by atoms with van der Waals surface area (Å²) in [5.41, 5.74) is 1.94. The standard InChI is InChI=1S/C14H18N4O2/c1-10-7-20-13(11(10)2)14(19)17-5-3-4-12(6-17)18-9-15-8-16-18/h7-9,12H,3-6H2,1-2H3. The Morgan fingerprint density at radius 1 is 1.45 bits per heavy atom. The highest BCUT2D eigenvalue weighted by molar-refractivity contribution is 5.93. The third kappa shape index (κ3) is 2.21. The lowest BCUT2D eigenvalue weighted by molar-refractivity contribution is 0.0640. The van der Waals surface area contributed by atoms with E-state index in [9.17, 15) is 4.79 Å². The van der Waals surface area contributed by atoms with Gasteiger partial charge in [-0.05, 0) is 32.3 Å². The van der Waals surface area contributed by atoms with Crippen molar-refractivity contribution >= 4 is 5.91 Å². The van der Waals surface area contributed by atoms with Crippen molar-refractivity contribution in [1.29, 1.82) is 0 Å². The van der Waals surface area contributed by atoms with Gasteiger partial charge in [0, 0.05) is 18.7 Å². The van der Waals surface area contributed by atoms with Crippen LogP contribution in [0.2, 0.25) is 0 Å². The van der Waals surface area contributed by atoms with Crippen LogP contribution < -0.4 is 0 Å². The zero-order valence-electron chi connectivity index (χ0n) is 11.7. The Labute approximate surface area is 117 Å². The zero-order valence-corrected chi connectivity index (χ0v) is 11.7. The smallest absolute Gasteiger partial charge is 0.289 e. The lowest BCUT2D eigenvalue weighted by atomic mass is 10.1. The minimum Gasteiger partial charge on any atom is -0.459 e. The van der Waals surface area contributed by atoms with E-state index < -0.39 is 0 Å². The van der Waals surface area contributed by atoms with Crippen LogP contribution in [0.3, 0.4) is 0 Å². The average Bonchev–Trinajstić information content (AvgIpc) is 3.10. The van der Waals surface area contributed by atoms with Crippen LogP contribution in [-0.2, 0) is 0 Å². The van der Waals surface area contributed by atoms with Crippen molar-refractivity contribution in [3.63, 3.8) is 0 Å². The number of piperidine rings is 1. The van der Waals surface area contributed by atoms with E-state index in [1.807, 2.05) is 23.4 Å². The van der Waals surface area contributed by atoms with Gasteiger partial charge in [0.05, 0.1) is 12.3 Å². The molecule has 3 heterocycles. The highest BCUT2D eigenvalue weighted by atomic mass is 16.3. The topological polar surface area (TPSA) is 64.2 Å². The van der Waals surface area contributed by atoms with Gasteiger partial charge in [-0.2, -0.15) is 5.10 Å². The van der Waals surface area contributed by atoms with Crippen LogP contribution in [0.4, 0.5) is 0 Å². The molecule has 0 N–H and O–H groups in total. The van der Waals surface area contributed by atoms with Crippen molar-refractivity contribution < 1.29 is 9.21 Å². The summed E-state index contributed by atoms with van der Waals surface area (Å²) in [5, 5.41) is 4.17. The van der Waals surface area contributed by atoms with Crippen LogP contribution in [0.15, 0.2) is 23.3 Å². The molecule has 0 aliphatic carbocycles. The fourth-order valence-electron chi connectivity index (χ4n) is 2.62. The summed E-state index contributed by atoms with van der Waals surface area (Å²) in [7, 11) is 0. The van der Waals surface area contributed by atoms with Crippen LogP contribution in [0.25, 0.3) is 0 Å². The molecule has 6 nitrogen and oxygen atoms in total. The second kappa shape index (κ2) is 5.11. The number of carbonyl (C=O) groups is 1. The molecule has 6 heteroatoms. The molecule has 1 unspecified atom stereocenters. The van der Waals surface area contributed by atoms with E-state index in [0.29, 0.717) is 12.3 Å². The molecule has 0 bridgehead atoms. The van der Waals surface area contributed by atoms with Gasteiger partial charge in [0.1, 0.15) is 12.7 Å². The number of hydrogen-bond acceptors (Lipinski definition) is 4. The Hall–Kier alpha value is -2.11. The first kappa shape index (κ1) is 12.9. The predicted octanol–water partition coefficient (Wildman–Crippen LogP) is 1.97. The summed E-state index contributed by atoms with van der Waals surface area (Å²) < 4.78 is 7.24. The normalized spacial score (nSPS) is 19.3. The summed E-state index contributed by atoms with van der Waals surface area (Å²) in [5.74, 6) is 0.433. The molecule has 2 aromatic rings. The molecule has 1 saturated heterocycles. The van der Waals surface area contributed by atoms with E-state index in [2.05, 4.69) is 10.1 Å². The Kier molecular flexibility index (Phi) is 3.30. The summed E-state index contributed by atoms with van der Waals surface area (Å²) in [6.45, 7) is 5.29. The molecule has 1 aliphatic rings. The first-order valence-electron chi connectivity index (χ1n) is 6.85. The number of rotatable bonds is 2. The van der Waals surface area contributed by atoms with E-state index in [-0.39, 0.29) is 11.9 Å². The lowest BCUT2D eigenvalue weighted by Crippen LogP contribution is -2.41. The molecule has 3 rings (SSSR count). The van der Waals surface area contributed by atoms with Crippen molar-refractivity contribution in [3.8, 4) is 0 Å². The van der Waals surface area contributed by atoms with Crippen molar-refractivity contribution in [3.05, 3.63) is 35.8 Å². The van der Waals surface area contributed by atoms with Crippen molar-refractivity contribution in [2.75, 3.05) is 13.1 Å². The number of hydrogen-bond donors (Lipinski definition) is 0. The molecule has 106 valence electrons. The van der Waals surface area contributed by atoms with Crippen LogP contribution in [0.5, 0.6) is 0 Å². The van der Waals surface area contributed by atoms with Gasteiger partial charge in [0.15, 0.2) is 5.76 Å². The van der Waals surface area contributed by atoms with Gasteiger partial charge < -0.3 is 9.32 Å². The van der Waals surface area contributed by atoms with Crippen LogP contribution in [0, 0.1) is 13.8 Å². The number of amides is 1. The van der Waals surface area contributed by atoms with Crippen LogP contribution in [0.1, 0.15) is 40.6 Å². The molecule has 1 atom stereocenters. The van der Waals surface area contributed by atoms with Crippen molar-refractivity contribution in [2.45, 2.75) is 32.7 Å². The molecular formula is C14H18N4O2. The quantitative estimate of drug-likeness (QED) is 0.839. The minimum atomic E-state index is -0.0274. The maximum Gasteiger partial charge on any atom is 0.289 e. The predicted molar refractivity (Wildman–Crippen MR) is 72.4 cm³/mol. The molecule has 1 fully saturated rings. The fourth-order valence-corrected chi connectivity index (χ4v) is 2.62. The summed E-state index contributed by atoms with van der Waals surface area (Å²) in [6.07, 6.45) is 6.86. The van der Waals surface area contributed by atoms with Gasteiger partial charge in [-0.15, -0.1) is 0 Å². The molecule has 0 spiro atoms. The second-order valence-electron chi connectivity index (χ2n) is 5.30. The summed E-state index contributed by atoms with van der Waals surface area (Å²) >= 11 is 0. The molecule has 1 amide bonds. The number of carbonyl (C=O) groups excluding carboxylic acids is 1. The Morgan fingerprint density at radius 2 is 2.30 bits per heavy atom. The van der Waals surface area contributed by atoms with E-state index in [1.54, 1.807) is 12.6 Å². The molecule has 0 aromatic carbocycles. The monoisotopic (exact) mass is 274 g/mol. The Morgan fingerprint density at radius 3 is 2.95 bits per heavy atom. The third-order valence-electron chi connectivity index (χ3n) is 3.97. The van der Waals surface area contributed by atoms with E-state index in [0.717, 1.165) is 30.5 Å². The zero-order chi connectivity index (χ0) is 14.1. The molecule has 0 radical (unpaired) electrons. The molecule has 20 heavy (non-hydrogen) atoms. The summed E-state index contributed by atoms with van der Waals surface area (Å²) in [6, 6.07) is 0.201. The second-order valence-corrected chi connectivity index (χ2v) is 5.30. The Balaban J connectivity index is 1.77. The highest BCUT2D eigenvalue weighted by Gasteiger charge is 2.28.